The highest BCUT2D eigenvalue weighted by molar-refractivity contribution is 4.95. The quantitative estimate of drug-likeness (QED) is 0.893. The summed E-state index contributed by atoms with van der Waals surface area (Å²) in [7, 11) is 0. The molecule has 2 unspecified atom stereocenters. The summed E-state index contributed by atoms with van der Waals surface area (Å²) in [6.45, 7) is 9.35. The van der Waals surface area contributed by atoms with E-state index < -0.39 is 0 Å². The molecule has 1 saturated carbocycles. The number of imidazole rings is 1. The molecule has 1 aliphatic carbocycles. The Hall–Kier alpha value is -0.870. The molecule has 1 aliphatic heterocycles. The van der Waals surface area contributed by atoms with Gasteiger partial charge in [-0.1, -0.05) is 6.42 Å². The molecule has 2 heterocycles. The van der Waals surface area contributed by atoms with Crippen LogP contribution in [0.3, 0.4) is 0 Å². The number of aromatic nitrogens is 2. The lowest BCUT2D eigenvalue weighted by atomic mass is 9.73. The van der Waals surface area contributed by atoms with Crippen LogP contribution in [-0.2, 0) is 6.54 Å². The first-order valence-electron chi connectivity index (χ1n) is 8.17. The van der Waals surface area contributed by atoms with Crippen molar-refractivity contribution in [1.29, 1.82) is 0 Å². The van der Waals surface area contributed by atoms with Gasteiger partial charge in [-0.3, -0.25) is 0 Å². The molecular formula is C16H28N4. The first kappa shape index (κ1) is 14.1. The zero-order chi connectivity index (χ0) is 13.9. The van der Waals surface area contributed by atoms with Gasteiger partial charge in [0.05, 0.1) is 6.33 Å². The van der Waals surface area contributed by atoms with Crippen LogP contribution >= 0.6 is 0 Å². The third kappa shape index (κ3) is 3.07. The highest BCUT2D eigenvalue weighted by atomic mass is 15.2. The molecule has 0 spiro atoms. The predicted molar refractivity (Wildman–Crippen MR) is 81.6 cm³/mol. The van der Waals surface area contributed by atoms with Gasteiger partial charge in [-0.15, -0.1) is 0 Å². The summed E-state index contributed by atoms with van der Waals surface area (Å²) in [5.41, 5.74) is 0. The van der Waals surface area contributed by atoms with E-state index in [4.69, 9.17) is 0 Å². The molecule has 2 atom stereocenters. The average molecular weight is 276 g/mol. The lowest BCUT2D eigenvalue weighted by molar-refractivity contribution is 0.0295. The van der Waals surface area contributed by atoms with Crippen molar-refractivity contribution in [3.05, 3.63) is 18.7 Å². The van der Waals surface area contributed by atoms with Gasteiger partial charge >= 0.3 is 0 Å². The zero-order valence-corrected chi connectivity index (χ0v) is 12.8. The Morgan fingerprint density at radius 3 is 2.60 bits per heavy atom. The van der Waals surface area contributed by atoms with Crippen LogP contribution in [0.25, 0.3) is 0 Å². The van der Waals surface area contributed by atoms with Crippen molar-refractivity contribution >= 4 is 0 Å². The second-order valence-corrected chi connectivity index (χ2v) is 6.78. The first-order valence-corrected chi connectivity index (χ1v) is 8.17. The molecule has 2 bridgehead atoms. The summed E-state index contributed by atoms with van der Waals surface area (Å²) >= 11 is 0. The van der Waals surface area contributed by atoms with Crippen LogP contribution in [0.5, 0.6) is 0 Å². The van der Waals surface area contributed by atoms with E-state index in [9.17, 15) is 0 Å². The van der Waals surface area contributed by atoms with E-state index in [0.717, 1.165) is 31.0 Å². The summed E-state index contributed by atoms with van der Waals surface area (Å²) in [4.78, 5) is 6.79. The number of piperidine rings is 1. The topological polar surface area (TPSA) is 33.1 Å². The molecule has 2 aliphatic rings. The van der Waals surface area contributed by atoms with E-state index >= 15 is 0 Å². The molecule has 4 heteroatoms. The fourth-order valence-electron chi connectivity index (χ4n) is 4.01. The maximum absolute atomic E-state index is 4.10. The molecule has 0 amide bonds. The molecule has 2 fully saturated rings. The second kappa shape index (κ2) is 6.27. The number of fused-ring (bicyclic) bond motifs is 2. The van der Waals surface area contributed by atoms with Crippen molar-refractivity contribution < 1.29 is 0 Å². The SMILES string of the molecule is CC(C)N1CC2CCCC(C1)C2NCCn1ccnc1. The normalized spacial score (nSPS) is 30.9. The maximum Gasteiger partial charge on any atom is 0.0946 e. The third-order valence-electron chi connectivity index (χ3n) is 5.14. The standard InChI is InChI=1S/C16H28N4/c1-13(2)20-10-14-4-3-5-15(11-20)16(14)18-7-9-19-8-6-17-12-19/h6,8,12-16,18H,3-5,7,9-11H2,1-2H3. The van der Waals surface area contributed by atoms with Gasteiger partial charge in [0.2, 0.25) is 0 Å². The second-order valence-electron chi connectivity index (χ2n) is 6.78. The summed E-state index contributed by atoms with van der Waals surface area (Å²) < 4.78 is 2.16. The van der Waals surface area contributed by atoms with Crippen molar-refractivity contribution in [2.75, 3.05) is 19.6 Å². The number of rotatable bonds is 5. The lowest BCUT2D eigenvalue weighted by Gasteiger charge is -2.49. The number of nitrogens with one attached hydrogen (secondary N) is 1. The fraction of sp³-hybridized carbons (Fsp3) is 0.812. The molecule has 3 rings (SSSR count). The van der Waals surface area contributed by atoms with E-state index in [-0.39, 0.29) is 0 Å². The molecule has 1 aromatic heterocycles. The van der Waals surface area contributed by atoms with Crippen LogP contribution in [0.4, 0.5) is 0 Å². The molecule has 1 aromatic rings. The molecule has 0 aromatic carbocycles. The highest BCUT2D eigenvalue weighted by Crippen LogP contribution is 2.35. The van der Waals surface area contributed by atoms with Gasteiger partial charge in [0.15, 0.2) is 0 Å². The van der Waals surface area contributed by atoms with Crippen molar-refractivity contribution in [2.24, 2.45) is 11.8 Å². The van der Waals surface area contributed by atoms with Crippen molar-refractivity contribution in [1.82, 2.24) is 19.8 Å². The average Bonchev–Trinajstić information content (AvgIpc) is 2.91. The van der Waals surface area contributed by atoms with Gasteiger partial charge in [-0.05, 0) is 38.5 Å². The molecule has 1 saturated heterocycles. The zero-order valence-electron chi connectivity index (χ0n) is 12.8. The Kier molecular flexibility index (Phi) is 4.41. The minimum absolute atomic E-state index is 0.699. The smallest absolute Gasteiger partial charge is 0.0946 e. The predicted octanol–water partition coefficient (Wildman–Crippen LogP) is 1.98. The van der Waals surface area contributed by atoms with Gasteiger partial charge in [0.25, 0.3) is 0 Å². The van der Waals surface area contributed by atoms with E-state index in [0.29, 0.717) is 6.04 Å². The van der Waals surface area contributed by atoms with Crippen LogP contribution in [0, 0.1) is 11.8 Å². The molecular weight excluding hydrogens is 248 g/mol. The van der Waals surface area contributed by atoms with Crippen LogP contribution < -0.4 is 5.32 Å². The molecule has 1 N–H and O–H groups in total. The van der Waals surface area contributed by atoms with Crippen molar-refractivity contribution in [3.63, 3.8) is 0 Å². The Labute approximate surface area is 122 Å². The number of hydrogen-bond donors (Lipinski definition) is 1. The fourth-order valence-corrected chi connectivity index (χ4v) is 4.01. The largest absolute Gasteiger partial charge is 0.336 e. The van der Waals surface area contributed by atoms with Gasteiger partial charge in [0.1, 0.15) is 0 Å². The third-order valence-corrected chi connectivity index (χ3v) is 5.14. The monoisotopic (exact) mass is 276 g/mol. The Morgan fingerprint density at radius 2 is 2.00 bits per heavy atom. The van der Waals surface area contributed by atoms with Crippen LogP contribution in [0.1, 0.15) is 33.1 Å². The van der Waals surface area contributed by atoms with E-state index in [2.05, 4.69) is 33.6 Å². The van der Waals surface area contributed by atoms with E-state index in [1.54, 1.807) is 0 Å². The summed E-state index contributed by atoms with van der Waals surface area (Å²) in [5.74, 6) is 1.71. The van der Waals surface area contributed by atoms with Gasteiger partial charge in [-0.2, -0.15) is 0 Å². The minimum atomic E-state index is 0.699. The molecule has 4 nitrogen and oxygen atoms in total. The Balaban J connectivity index is 1.54. The van der Waals surface area contributed by atoms with Gasteiger partial charge < -0.3 is 14.8 Å². The molecule has 0 radical (unpaired) electrons. The van der Waals surface area contributed by atoms with Gasteiger partial charge in [0, 0.05) is 50.7 Å². The van der Waals surface area contributed by atoms with Crippen LogP contribution in [0.2, 0.25) is 0 Å². The summed E-state index contributed by atoms with van der Waals surface area (Å²) in [6.07, 6.45) is 10.1. The number of nitrogens with zero attached hydrogens (tertiary/aromatic N) is 3. The number of hydrogen-bond acceptors (Lipinski definition) is 3. The molecule has 112 valence electrons. The van der Waals surface area contributed by atoms with E-state index in [1.807, 2.05) is 18.7 Å². The Bertz CT molecular complexity index is 387. The summed E-state index contributed by atoms with van der Waals surface area (Å²) in [5, 5.41) is 3.85. The molecule has 20 heavy (non-hydrogen) atoms. The number of likely N-dealkylation sites (tertiary alicyclic amines) is 1. The van der Waals surface area contributed by atoms with E-state index in [1.165, 1.54) is 32.4 Å². The highest BCUT2D eigenvalue weighted by Gasteiger charge is 2.39. The minimum Gasteiger partial charge on any atom is -0.336 e. The van der Waals surface area contributed by atoms with Crippen molar-refractivity contribution in [3.8, 4) is 0 Å². The lowest BCUT2D eigenvalue weighted by Crippen LogP contribution is -2.58. The van der Waals surface area contributed by atoms with Crippen LogP contribution in [0.15, 0.2) is 18.7 Å². The van der Waals surface area contributed by atoms with Gasteiger partial charge in [-0.25, -0.2) is 4.98 Å². The van der Waals surface area contributed by atoms with Crippen molar-refractivity contribution in [2.45, 2.75) is 51.7 Å². The summed E-state index contributed by atoms with van der Waals surface area (Å²) in [6, 6.07) is 1.44. The Morgan fingerprint density at radius 1 is 1.25 bits per heavy atom. The first-order chi connectivity index (χ1) is 9.74. The van der Waals surface area contributed by atoms with Crippen LogP contribution in [-0.4, -0.2) is 46.2 Å². The maximum atomic E-state index is 4.10.